The van der Waals surface area contributed by atoms with E-state index in [0.29, 0.717) is 17.3 Å². The number of hydrogen-bond donors (Lipinski definition) is 2. The quantitative estimate of drug-likeness (QED) is 0.462. The number of aromatic nitrogens is 2. The lowest BCUT2D eigenvalue weighted by molar-refractivity contribution is -0.136. The van der Waals surface area contributed by atoms with Crippen LogP contribution < -0.4 is 16.0 Å². The van der Waals surface area contributed by atoms with Crippen LogP contribution in [0.25, 0.3) is 0 Å². The van der Waals surface area contributed by atoms with E-state index in [1.165, 1.54) is 23.3 Å². The first kappa shape index (κ1) is 23.9. The van der Waals surface area contributed by atoms with E-state index in [-0.39, 0.29) is 31.2 Å². The zero-order chi connectivity index (χ0) is 21.8. The lowest BCUT2D eigenvalue weighted by Crippen LogP contribution is -2.42. The normalized spacial score (nSPS) is 16.1. The highest BCUT2D eigenvalue weighted by molar-refractivity contribution is 6.43. The van der Waals surface area contributed by atoms with E-state index in [4.69, 9.17) is 5.73 Å². The summed E-state index contributed by atoms with van der Waals surface area (Å²) < 4.78 is 0. The molecule has 1 saturated heterocycles. The molecule has 8 nitrogen and oxygen atoms in total. The van der Waals surface area contributed by atoms with Crippen LogP contribution in [0.2, 0.25) is 0 Å². The number of nitrogens with one attached hydrogen (secondary N) is 1. The van der Waals surface area contributed by atoms with Gasteiger partial charge >= 0.3 is 0 Å². The van der Waals surface area contributed by atoms with E-state index < -0.39 is 11.7 Å². The van der Waals surface area contributed by atoms with Crippen LogP contribution in [0.5, 0.6) is 0 Å². The number of Topliss-reactive ketones (excluding diaryl/α,β-unsaturated/α-hetero) is 1. The number of halogens is 1. The Morgan fingerprint density at radius 1 is 1.09 bits per heavy atom. The summed E-state index contributed by atoms with van der Waals surface area (Å²) >= 11 is 0. The van der Waals surface area contributed by atoms with Gasteiger partial charge in [0.2, 0.25) is 11.7 Å². The first-order valence-corrected chi connectivity index (χ1v) is 11.1. The fraction of sp³-hybridized carbons (Fsp3) is 0.478. The molecule has 9 heteroatoms. The van der Waals surface area contributed by atoms with Crippen molar-refractivity contribution < 1.29 is 9.59 Å². The van der Waals surface area contributed by atoms with Gasteiger partial charge in [-0.1, -0.05) is 37.6 Å². The number of likely N-dealkylation sites (tertiary alicyclic amines) is 1. The van der Waals surface area contributed by atoms with Crippen LogP contribution in [-0.2, 0) is 29.1 Å². The molecule has 0 aliphatic carbocycles. The number of fused-ring (bicyclic) bond motifs is 1. The van der Waals surface area contributed by atoms with Gasteiger partial charge in [0.25, 0.3) is 5.91 Å². The lowest BCUT2D eigenvalue weighted by Gasteiger charge is -2.28. The van der Waals surface area contributed by atoms with Crippen molar-refractivity contribution in [2.45, 2.75) is 52.1 Å². The predicted molar refractivity (Wildman–Crippen MR) is 128 cm³/mol. The monoisotopic (exact) mass is 458 g/mol. The van der Waals surface area contributed by atoms with Gasteiger partial charge in [-0.3, -0.25) is 19.4 Å². The number of nitrogens with zero attached hydrogens (tertiary/aromatic N) is 4. The van der Waals surface area contributed by atoms with Gasteiger partial charge in [0.1, 0.15) is 11.6 Å². The Bertz CT molecular complexity index is 977. The number of hydrogen-bond acceptors (Lipinski definition) is 7. The van der Waals surface area contributed by atoms with Gasteiger partial charge in [0.05, 0.1) is 6.54 Å². The minimum Gasteiger partial charge on any atom is -0.383 e. The molecule has 1 amide bonds. The zero-order valence-electron chi connectivity index (χ0n) is 18.5. The van der Waals surface area contributed by atoms with E-state index in [0.717, 1.165) is 44.6 Å². The summed E-state index contributed by atoms with van der Waals surface area (Å²) in [5.74, 6) is 0.0380. The second-order valence-electron chi connectivity index (χ2n) is 8.31. The molecular formula is C23H31ClN6O2. The molecule has 2 aliphatic rings. The van der Waals surface area contributed by atoms with Crippen LogP contribution in [0, 0.1) is 0 Å². The number of rotatable bonds is 8. The average molecular weight is 459 g/mol. The number of carbonyl (C=O) groups excluding carboxylic acids is 2. The molecule has 172 valence electrons. The number of benzene rings is 1. The molecule has 0 unspecified atom stereocenters. The van der Waals surface area contributed by atoms with Crippen molar-refractivity contribution in [2.75, 3.05) is 35.6 Å². The Hall–Kier alpha value is -2.71. The van der Waals surface area contributed by atoms with Crippen LogP contribution in [0.15, 0.2) is 24.3 Å². The maximum absolute atomic E-state index is 12.8. The Labute approximate surface area is 195 Å². The van der Waals surface area contributed by atoms with Gasteiger partial charge in [0.15, 0.2) is 0 Å². The molecule has 1 fully saturated rings. The number of unbranched alkanes of at least 4 members (excludes halogenated alkanes) is 1. The molecule has 0 atom stereocenters. The largest absolute Gasteiger partial charge is 0.383 e. The number of nitrogen functional groups attached to an aromatic ring is 1. The van der Waals surface area contributed by atoms with Crippen molar-refractivity contribution in [3.8, 4) is 0 Å². The molecule has 0 bridgehead atoms. The second kappa shape index (κ2) is 10.7. The number of anilines is 3. The molecule has 3 heterocycles. The molecule has 1 aromatic carbocycles. The maximum atomic E-state index is 12.8. The van der Waals surface area contributed by atoms with Crippen LogP contribution >= 0.6 is 12.4 Å². The van der Waals surface area contributed by atoms with E-state index in [1.807, 2.05) is 12.1 Å². The van der Waals surface area contributed by atoms with Gasteiger partial charge < -0.3 is 11.1 Å². The van der Waals surface area contributed by atoms with E-state index in [9.17, 15) is 9.59 Å². The van der Waals surface area contributed by atoms with Gasteiger partial charge in [-0.2, -0.15) is 9.97 Å². The van der Waals surface area contributed by atoms with Crippen molar-refractivity contribution in [3.05, 3.63) is 41.0 Å². The lowest BCUT2D eigenvalue weighted by atomic mass is 10.0. The number of nitrogens with two attached hydrogens (primary N) is 1. The number of carbonyl (C=O) groups is 2. The first-order valence-electron chi connectivity index (χ1n) is 11.1. The third kappa shape index (κ3) is 5.37. The first-order chi connectivity index (χ1) is 15.0. The molecule has 0 spiro atoms. The van der Waals surface area contributed by atoms with Gasteiger partial charge in [0, 0.05) is 25.1 Å². The molecule has 2 aliphatic heterocycles. The highest BCUT2D eigenvalue weighted by Gasteiger charge is 2.34. The molecule has 2 aromatic rings. The van der Waals surface area contributed by atoms with Crippen LogP contribution in [-0.4, -0.2) is 46.2 Å². The van der Waals surface area contributed by atoms with Gasteiger partial charge in [-0.05, 0) is 43.5 Å². The van der Waals surface area contributed by atoms with Crippen LogP contribution in [0.3, 0.4) is 0 Å². The Morgan fingerprint density at radius 2 is 1.81 bits per heavy atom. The van der Waals surface area contributed by atoms with Crippen molar-refractivity contribution in [3.63, 3.8) is 0 Å². The molecule has 32 heavy (non-hydrogen) atoms. The second-order valence-corrected chi connectivity index (χ2v) is 8.31. The Kier molecular flexibility index (Phi) is 8.04. The van der Waals surface area contributed by atoms with E-state index >= 15 is 0 Å². The zero-order valence-corrected chi connectivity index (χ0v) is 19.3. The van der Waals surface area contributed by atoms with E-state index in [2.05, 4.69) is 39.2 Å². The van der Waals surface area contributed by atoms with Crippen molar-refractivity contribution >= 4 is 41.7 Å². The standard InChI is InChI=1S/C23H30N6O2.ClH/c1-2-3-9-25-23-26-20(24)18-13-19(30)22(31)29(21(18)27-23)15-17-8-6-7-16(12-17)14-28-10-4-5-11-28;/h6-8,12H,2-5,9-11,13-15H2,1H3,(H3,24,25,26,27);1H. The number of ketones is 1. The van der Waals surface area contributed by atoms with Crippen molar-refractivity contribution in [1.29, 1.82) is 0 Å². The molecule has 0 radical (unpaired) electrons. The van der Waals surface area contributed by atoms with Crippen LogP contribution in [0.4, 0.5) is 17.6 Å². The molecular weight excluding hydrogens is 428 g/mol. The highest BCUT2D eigenvalue weighted by Crippen LogP contribution is 2.30. The summed E-state index contributed by atoms with van der Waals surface area (Å²) in [7, 11) is 0. The average Bonchev–Trinajstić information content (AvgIpc) is 3.26. The third-order valence-electron chi connectivity index (χ3n) is 5.84. The minimum atomic E-state index is -0.546. The fourth-order valence-electron chi connectivity index (χ4n) is 4.18. The summed E-state index contributed by atoms with van der Waals surface area (Å²) in [5.41, 5.74) is 8.83. The summed E-state index contributed by atoms with van der Waals surface area (Å²) in [6.45, 7) is 6.25. The van der Waals surface area contributed by atoms with Gasteiger partial charge in [-0.25, -0.2) is 0 Å². The predicted octanol–water partition coefficient (Wildman–Crippen LogP) is 2.95. The fourth-order valence-corrected chi connectivity index (χ4v) is 4.18. The van der Waals surface area contributed by atoms with Crippen molar-refractivity contribution in [2.24, 2.45) is 0 Å². The maximum Gasteiger partial charge on any atom is 0.296 e. The highest BCUT2D eigenvalue weighted by atomic mass is 35.5. The minimum absolute atomic E-state index is 0. The van der Waals surface area contributed by atoms with Gasteiger partial charge in [-0.15, -0.1) is 12.4 Å². The summed E-state index contributed by atoms with van der Waals surface area (Å²) in [5, 5.41) is 3.17. The number of amides is 1. The van der Waals surface area contributed by atoms with Crippen LogP contribution in [0.1, 0.15) is 49.3 Å². The third-order valence-corrected chi connectivity index (χ3v) is 5.84. The molecule has 0 saturated carbocycles. The van der Waals surface area contributed by atoms with E-state index in [1.54, 1.807) is 0 Å². The Balaban J connectivity index is 0.00000289. The summed E-state index contributed by atoms with van der Waals surface area (Å²) in [4.78, 5) is 37.9. The Morgan fingerprint density at radius 3 is 2.53 bits per heavy atom. The SMILES string of the molecule is CCCCNc1nc(N)c2c(n1)N(Cc1cccc(CN3CCCC3)c1)C(=O)C(=O)C2.Cl. The summed E-state index contributed by atoms with van der Waals surface area (Å²) in [6.07, 6.45) is 4.46. The molecule has 1 aromatic heterocycles. The molecule has 3 N–H and O–H groups in total. The topological polar surface area (TPSA) is 104 Å². The molecule has 4 rings (SSSR count). The summed E-state index contributed by atoms with van der Waals surface area (Å²) in [6, 6.07) is 8.19. The smallest absolute Gasteiger partial charge is 0.296 e. The van der Waals surface area contributed by atoms with Crippen molar-refractivity contribution in [1.82, 2.24) is 14.9 Å².